The molecule has 0 unspecified atom stereocenters. The molecule has 6 heteroatoms. The molecule has 0 aromatic heterocycles. The van der Waals surface area contributed by atoms with Gasteiger partial charge in [-0.15, -0.1) is 0 Å². The van der Waals surface area contributed by atoms with Gasteiger partial charge in [0.1, 0.15) is 0 Å². The van der Waals surface area contributed by atoms with Crippen LogP contribution in [0.1, 0.15) is 24.5 Å². The van der Waals surface area contributed by atoms with Crippen LogP contribution in [0.4, 0.5) is 5.69 Å². The Balaban J connectivity index is 1.69. The molecular weight excluding hydrogens is 342 g/mol. The standard InChI is InChI=1S/C21H25N3O3/c1-2-23(17-19-7-4-3-5-8-19)16-6-15-22-21(25)14-11-18-9-12-20(13-10-18)24(26)27/h3-5,7-14H,2,6,15-17H2,1H3,(H,22,25)/b14-11+. The summed E-state index contributed by atoms with van der Waals surface area (Å²) in [5, 5.41) is 13.5. The molecule has 0 saturated carbocycles. The van der Waals surface area contributed by atoms with Crippen LogP contribution in [0.25, 0.3) is 6.08 Å². The Hall–Kier alpha value is -2.99. The smallest absolute Gasteiger partial charge is 0.269 e. The van der Waals surface area contributed by atoms with Crippen molar-refractivity contribution >= 4 is 17.7 Å². The molecule has 0 saturated heterocycles. The van der Waals surface area contributed by atoms with E-state index in [1.807, 2.05) is 18.2 Å². The van der Waals surface area contributed by atoms with Crippen LogP contribution in [0, 0.1) is 10.1 Å². The first-order valence-corrected chi connectivity index (χ1v) is 9.05. The summed E-state index contributed by atoms with van der Waals surface area (Å²) >= 11 is 0. The summed E-state index contributed by atoms with van der Waals surface area (Å²) in [5.74, 6) is -0.167. The maximum absolute atomic E-state index is 11.9. The van der Waals surface area contributed by atoms with Gasteiger partial charge in [-0.05, 0) is 42.3 Å². The number of non-ortho nitro benzene ring substituents is 1. The predicted octanol–water partition coefficient (Wildman–Crippen LogP) is 3.64. The van der Waals surface area contributed by atoms with Gasteiger partial charge in [-0.3, -0.25) is 19.8 Å². The van der Waals surface area contributed by atoms with E-state index in [1.54, 1.807) is 18.2 Å². The van der Waals surface area contributed by atoms with Crippen LogP contribution in [-0.2, 0) is 11.3 Å². The second kappa shape index (κ2) is 10.9. The molecule has 0 atom stereocenters. The van der Waals surface area contributed by atoms with Crippen molar-refractivity contribution in [3.05, 3.63) is 81.9 Å². The third-order valence-corrected chi connectivity index (χ3v) is 4.18. The molecule has 0 aliphatic carbocycles. The number of rotatable bonds is 10. The lowest BCUT2D eigenvalue weighted by Gasteiger charge is -2.20. The van der Waals surface area contributed by atoms with E-state index in [4.69, 9.17) is 0 Å². The first-order chi connectivity index (χ1) is 13.1. The minimum absolute atomic E-state index is 0.0348. The van der Waals surface area contributed by atoms with Gasteiger partial charge in [-0.25, -0.2) is 0 Å². The van der Waals surface area contributed by atoms with E-state index in [0.29, 0.717) is 6.54 Å². The van der Waals surface area contributed by atoms with Gasteiger partial charge in [-0.1, -0.05) is 37.3 Å². The molecule has 0 fully saturated rings. The van der Waals surface area contributed by atoms with Crippen molar-refractivity contribution in [3.63, 3.8) is 0 Å². The molecule has 0 spiro atoms. The van der Waals surface area contributed by atoms with Crippen LogP contribution in [0.15, 0.2) is 60.7 Å². The minimum atomic E-state index is -0.447. The van der Waals surface area contributed by atoms with Gasteiger partial charge in [-0.2, -0.15) is 0 Å². The lowest BCUT2D eigenvalue weighted by Crippen LogP contribution is -2.29. The van der Waals surface area contributed by atoms with E-state index in [0.717, 1.165) is 31.6 Å². The fourth-order valence-electron chi connectivity index (χ4n) is 2.64. The zero-order chi connectivity index (χ0) is 19.5. The number of carbonyl (C=O) groups excluding carboxylic acids is 1. The first-order valence-electron chi connectivity index (χ1n) is 9.05. The first kappa shape index (κ1) is 20.3. The van der Waals surface area contributed by atoms with Gasteiger partial charge in [0, 0.05) is 37.8 Å². The number of hydrogen-bond donors (Lipinski definition) is 1. The highest BCUT2D eigenvalue weighted by atomic mass is 16.6. The highest BCUT2D eigenvalue weighted by molar-refractivity contribution is 5.91. The number of nitro benzene ring substituents is 1. The third kappa shape index (κ3) is 7.42. The van der Waals surface area contributed by atoms with Crippen LogP contribution in [0.2, 0.25) is 0 Å². The highest BCUT2D eigenvalue weighted by Crippen LogP contribution is 2.12. The molecule has 0 bridgehead atoms. The molecule has 6 nitrogen and oxygen atoms in total. The maximum atomic E-state index is 11.9. The topological polar surface area (TPSA) is 75.5 Å². The Morgan fingerprint density at radius 1 is 1.15 bits per heavy atom. The van der Waals surface area contributed by atoms with E-state index in [-0.39, 0.29) is 11.6 Å². The fourth-order valence-corrected chi connectivity index (χ4v) is 2.64. The Morgan fingerprint density at radius 3 is 2.48 bits per heavy atom. The van der Waals surface area contributed by atoms with Crippen molar-refractivity contribution in [2.75, 3.05) is 19.6 Å². The van der Waals surface area contributed by atoms with Crippen LogP contribution in [0.5, 0.6) is 0 Å². The van der Waals surface area contributed by atoms with E-state index >= 15 is 0 Å². The summed E-state index contributed by atoms with van der Waals surface area (Å²) in [6.07, 6.45) is 3.97. The zero-order valence-corrected chi connectivity index (χ0v) is 15.5. The third-order valence-electron chi connectivity index (χ3n) is 4.18. The molecule has 0 heterocycles. The lowest BCUT2D eigenvalue weighted by molar-refractivity contribution is -0.384. The average Bonchev–Trinajstić information content (AvgIpc) is 2.69. The number of carbonyl (C=O) groups is 1. The number of amides is 1. The normalized spacial score (nSPS) is 11.0. The molecule has 0 aliphatic heterocycles. The Labute approximate surface area is 159 Å². The SMILES string of the molecule is CCN(CCCNC(=O)/C=C/c1ccc([N+](=O)[O-])cc1)Cc1ccccc1. The van der Waals surface area contributed by atoms with Crippen molar-refractivity contribution in [2.45, 2.75) is 19.9 Å². The number of hydrogen-bond acceptors (Lipinski definition) is 4. The molecular formula is C21H25N3O3. The van der Waals surface area contributed by atoms with E-state index < -0.39 is 4.92 Å². The Morgan fingerprint density at radius 2 is 1.85 bits per heavy atom. The number of nitrogens with zero attached hydrogens (tertiary/aromatic N) is 2. The summed E-state index contributed by atoms with van der Waals surface area (Å²) in [6, 6.07) is 16.4. The van der Waals surface area contributed by atoms with Crippen LogP contribution < -0.4 is 5.32 Å². The van der Waals surface area contributed by atoms with Gasteiger partial charge in [0.25, 0.3) is 5.69 Å². The maximum Gasteiger partial charge on any atom is 0.269 e. The molecule has 1 amide bonds. The van der Waals surface area contributed by atoms with Crippen LogP contribution in [0.3, 0.4) is 0 Å². The largest absolute Gasteiger partial charge is 0.353 e. The molecule has 2 aromatic carbocycles. The average molecular weight is 367 g/mol. The second-order valence-electron chi connectivity index (χ2n) is 6.18. The van der Waals surface area contributed by atoms with Gasteiger partial charge < -0.3 is 5.32 Å². The number of benzene rings is 2. The summed E-state index contributed by atoms with van der Waals surface area (Å²) in [4.78, 5) is 24.4. The predicted molar refractivity (Wildman–Crippen MR) is 107 cm³/mol. The minimum Gasteiger partial charge on any atom is -0.353 e. The van der Waals surface area contributed by atoms with E-state index in [2.05, 4.69) is 29.3 Å². The van der Waals surface area contributed by atoms with Gasteiger partial charge in [0.2, 0.25) is 5.91 Å². The molecule has 27 heavy (non-hydrogen) atoms. The molecule has 142 valence electrons. The molecule has 2 aromatic rings. The van der Waals surface area contributed by atoms with Gasteiger partial charge >= 0.3 is 0 Å². The monoisotopic (exact) mass is 367 g/mol. The van der Waals surface area contributed by atoms with Crippen molar-refractivity contribution < 1.29 is 9.72 Å². The van der Waals surface area contributed by atoms with Crippen molar-refractivity contribution in [1.82, 2.24) is 10.2 Å². The Kier molecular flexibility index (Phi) is 8.19. The Bertz CT molecular complexity index is 758. The number of nitrogens with one attached hydrogen (secondary N) is 1. The quantitative estimate of drug-likeness (QED) is 0.301. The molecule has 0 aliphatic rings. The van der Waals surface area contributed by atoms with E-state index in [9.17, 15) is 14.9 Å². The zero-order valence-electron chi connectivity index (χ0n) is 15.5. The van der Waals surface area contributed by atoms with Crippen molar-refractivity contribution in [3.8, 4) is 0 Å². The van der Waals surface area contributed by atoms with Gasteiger partial charge in [0.15, 0.2) is 0 Å². The molecule has 0 radical (unpaired) electrons. The van der Waals surface area contributed by atoms with Crippen LogP contribution in [-0.4, -0.2) is 35.4 Å². The summed E-state index contributed by atoms with van der Waals surface area (Å²) in [5.41, 5.74) is 2.07. The summed E-state index contributed by atoms with van der Waals surface area (Å²) in [6.45, 7) is 5.52. The lowest BCUT2D eigenvalue weighted by atomic mass is 10.2. The van der Waals surface area contributed by atoms with Crippen molar-refractivity contribution in [2.24, 2.45) is 0 Å². The summed E-state index contributed by atoms with van der Waals surface area (Å²) < 4.78 is 0. The van der Waals surface area contributed by atoms with Crippen LogP contribution >= 0.6 is 0 Å². The fraction of sp³-hybridized carbons (Fsp3) is 0.286. The van der Waals surface area contributed by atoms with E-state index in [1.165, 1.54) is 23.8 Å². The van der Waals surface area contributed by atoms with Crippen molar-refractivity contribution in [1.29, 1.82) is 0 Å². The number of nitro groups is 1. The molecule has 2 rings (SSSR count). The molecule has 1 N–H and O–H groups in total. The van der Waals surface area contributed by atoms with Gasteiger partial charge in [0.05, 0.1) is 4.92 Å². The second-order valence-corrected chi connectivity index (χ2v) is 6.18. The highest BCUT2D eigenvalue weighted by Gasteiger charge is 2.04. The summed E-state index contributed by atoms with van der Waals surface area (Å²) in [7, 11) is 0.